The highest BCUT2D eigenvalue weighted by Gasteiger charge is 2.16. The van der Waals surface area contributed by atoms with Gasteiger partial charge in [0.2, 0.25) is 0 Å². The maximum Gasteiger partial charge on any atom is 0.193 e. The first kappa shape index (κ1) is 13.8. The molecule has 0 saturated carbocycles. The van der Waals surface area contributed by atoms with Gasteiger partial charge in [0, 0.05) is 40.0 Å². The first-order valence-electron chi connectivity index (χ1n) is 6.88. The SMILES string of the molecule is CCNC(Cc1cn2ccsc2n1)c1cc(C)c(C)s1. The number of thiophene rings is 1. The molecule has 0 fully saturated rings. The minimum atomic E-state index is 0.363. The van der Waals surface area contributed by atoms with Crippen molar-refractivity contribution in [2.75, 3.05) is 6.54 Å². The van der Waals surface area contributed by atoms with E-state index in [2.05, 4.69) is 54.3 Å². The van der Waals surface area contributed by atoms with Crippen molar-refractivity contribution in [3.05, 3.63) is 44.9 Å². The van der Waals surface area contributed by atoms with Crippen LogP contribution in [0.4, 0.5) is 0 Å². The van der Waals surface area contributed by atoms with Crippen molar-refractivity contribution in [3.63, 3.8) is 0 Å². The Hall–Kier alpha value is -1.17. The first-order valence-corrected chi connectivity index (χ1v) is 8.58. The van der Waals surface area contributed by atoms with Gasteiger partial charge in [-0.3, -0.25) is 4.40 Å². The van der Waals surface area contributed by atoms with Crippen molar-refractivity contribution in [1.82, 2.24) is 14.7 Å². The molecule has 0 amide bonds. The molecule has 3 rings (SSSR count). The van der Waals surface area contributed by atoms with Gasteiger partial charge in [-0.05, 0) is 32.0 Å². The maximum atomic E-state index is 4.70. The summed E-state index contributed by atoms with van der Waals surface area (Å²) in [6, 6.07) is 2.67. The van der Waals surface area contributed by atoms with Crippen LogP contribution in [0.2, 0.25) is 0 Å². The lowest BCUT2D eigenvalue weighted by Gasteiger charge is -2.15. The minimum Gasteiger partial charge on any atom is -0.309 e. The van der Waals surface area contributed by atoms with Gasteiger partial charge in [-0.1, -0.05) is 6.92 Å². The molecule has 20 heavy (non-hydrogen) atoms. The predicted octanol–water partition coefficient (Wildman–Crippen LogP) is 3.97. The number of likely N-dealkylation sites (N-methyl/N-ethyl adjacent to an activating group) is 1. The van der Waals surface area contributed by atoms with Gasteiger partial charge in [0.05, 0.1) is 5.69 Å². The van der Waals surface area contributed by atoms with E-state index in [1.165, 1.54) is 15.3 Å². The molecular formula is C15H19N3S2. The van der Waals surface area contributed by atoms with Crippen LogP contribution in [-0.4, -0.2) is 15.9 Å². The third-order valence-corrected chi connectivity index (χ3v) is 5.57. The number of thiazole rings is 1. The van der Waals surface area contributed by atoms with Crippen LogP contribution >= 0.6 is 22.7 Å². The van der Waals surface area contributed by atoms with Gasteiger partial charge in [-0.15, -0.1) is 22.7 Å². The summed E-state index contributed by atoms with van der Waals surface area (Å²) in [5.74, 6) is 0. The lowest BCUT2D eigenvalue weighted by molar-refractivity contribution is 0.553. The Morgan fingerprint density at radius 2 is 2.25 bits per heavy atom. The lowest BCUT2D eigenvalue weighted by atomic mass is 10.1. The summed E-state index contributed by atoms with van der Waals surface area (Å²) < 4.78 is 2.11. The Morgan fingerprint density at radius 3 is 2.90 bits per heavy atom. The van der Waals surface area contributed by atoms with Gasteiger partial charge < -0.3 is 5.32 Å². The van der Waals surface area contributed by atoms with Crippen molar-refractivity contribution in [1.29, 1.82) is 0 Å². The number of hydrogen-bond donors (Lipinski definition) is 1. The topological polar surface area (TPSA) is 29.3 Å². The number of fused-ring (bicyclic) bond motifs is 1. The Bertz CT molecular complexity index is 660. The van der Waals surface area contributed by atoms with Crippen molar-refractivity contribution < 1.29 is 0 Å². The molecule has 0 aliphatic rings. The minimum absolute atomic E-state index is 0.363. The van der Waals surface area contributed by atoms with Crippen LogP contribution in [-0.2, 0) is 6.42 Å². The number of nitrogens with one attached hydrogen (secondary N) is 1. The molecule has 5 heteroatoms. The van der Waals surface area contributed by atoms with Gasteiger partial charge in [-0.25, -0.2) is 4.98 Å². The molecule has 3 aromatic rings. The Labute approximate surface area is 127 Å². The van der Waals surface area contributed by atoms with Gasteiger partial charge in [0.1, 0.15) is 0 Å². The van der Waals surface area contributed by atoms with E-state index in [1.807, 2.05) is 11.3 Å². The molecule has 1 atom stereocenters. The lowest BCUT2D eigenvalue weighted by Crippen LogP contribution is -2.22. The van der Waals surface area contributed by atoms with Crippen LogP contribution in [0, 0.1) is 13.8 Å². The molecule has 1 N–H and O–H groups in total. The fourth-order valence-corrected chi connectivity index (χ4v) is 4.21. The summed E-state index contributed by atoms with van der Waals surface area (Å²) in [6.07, 6.45) is 5.16. The van der Waals surface area contributed by atoms with Gasteiger partial charge in [0.25, 0.3) is 0 Å². The Balaban J connectivity index is 1.85. The fraction of sp³-hybridized carbons (Fsp3) is 0.400. The van der Waals surface area contributed by atoms with Gasteiger partial charge in [-0.2, -0.15) is 0 Å². The van der Waals surface area contributed by atoms with Crippen molar-refractivity contribution >= 4 is 27.6 Å². The zero-order valence-corrected chi connectivity index (χ0v) is 13.6. The molecule has 0 spiro atoms. The molecule has 0 aliphatic heterocycles. The number of hydrogen-bond acceptors (Lipinski definition) is 4. The smallest absolute Gasteiger partial charge is 0.193 e. The molecule has 0 aliphatic carbocycles. The highest BCUT2D eigenvalue weighted by atomic mass is 32.1. The van der Waals surface area contributed by atoms with Crippen LogP contribution in [0.3, 0.4) is 0 Å². The zero-order valence-electron chi connectivity index (χ0n) is 12.0. The summed E-state index contributed by atoms with van der Waals surface area (Å²) in [5.41, 5.74) is 2.55. The highest BCUT2D eigenvalue weighted by molar-refractivity contribution is 7.15. The van der Waals surface area contributed by atoms with E-state index in [4.69, 9.17) is 4.98 Å². The Kier molecular flexibility index (Phi) is 3.92. The number of aromatic nitrogens is 2. The van der Waals surface area contributed by atoms with E-state index < -0.39 is 0 Å². The number of imidazole rings is 1. The van der Waals surface area contributed by atoms with E-state index in [0.717, 1.165) is 23.6 Å². The van der Waals surface area contributed by atoms with Gasteiger partial charge in [0.15, 0.2) is 4.96 Å². The summed E-state index contributed by atoms with van der Waals surface area (Å²) in [4.78, 5) is 8.60. The van der Waals surface area contributed by atoms with E-state index in [0.29, 0.717) is 6.04 Å². The predicted molar refractivity (Wildman–Crippen MR) is 87.0 cm³/mol. The summed E-state index contributed by atoms with van der Waals surface area (Å²) >= 11 is 3.58. The highest BCUT2D eigenvalue weighted by Crippen LogP contribution is 2.28. The molecule has 0 saturated heterocycles. The van der Waals surface area contributed by atoms with Crippen molar-refractivity contribution in [2.24, 2.45) is 0 Å². The first-order chi connectivity index (χ1) is 9.67. The molecule has 3 nitrogen and oxygen atoms in total. The van der Waals surface area contributed by atoms with Crippen LogP contribution < -0.4 is 5.32 Å². The van der Waals surface area contributed by atoms with Gasteiger partial charge >= 0.3 is 0 Å². The maximum absolute atomic E-state index is 4.70. The molecular weight excluding hydrogens is 286 g/mol. The van der Waals surface area contributed by atoms with Crippen molar-refractivity contribution in [3.8, 4) is 0 Å². The normalized spacial score (nSPS) is 13.2. The third kappa shape index (κ3) is 2.66. The molecule has 3 aromatic heterocycles. The monoisotopic (exact) mass is 305 g/mol. The molecule has 0 radical (unpaired) electrons. The Morgan fingerprint density at radius 1 is 1.40 bits per heavy atom. The van der Waals surface area contributed by atoms with E-state index >= 15 is 0 Å². The third-order valence-electron chi connectivity index (χ3n) is 3.54. The largest absolute Gasteiger partial charge is 0.309 e. The van der Waals surface area contributed by atoms with E-state index in [1.54, 1.807) is 11.3 Å². The molecule has 3 heterocycles. The quantitative estimate of drug-likeness (QED) is 0.773. The summed E-state index contributed by atoms with van der Waals surface area (Å²) in [7, 11) is 0. The van der Waals surface area contributed by atoms with E-state index in [-0.39, 0.29) is 0 Å². The van der Waals surface area contributed by atoms with Crippen LogP contribution in [0.1, 0.15) is 34.0 Å². The molecule has 1 unspecified atom stereocenters. The van der Waals surface area contributed by atoms with Crippen LogP contribution in [0.15, 0.2) is 23.8 Å². The van der Waals surface area contributed by atoms with Crippen molar-refractivity contribution in [2.45, 2.75) is 33.2 Å². The zero-order chi connectivity index (χ0) is 14.1. The average Bonchev–Trinajstić information content (AvgIpc) is 3.05. The van der Waals surface area contributed by atoms with E-state index in [9.17, 15) is 0 Å². The second kappa shape index (κ2) is 5.68. The summed E-state index contributed by atoms with van der Waals surface area (Å²) in [5, 5.41) is 5.66. The molecule has 0 aromatic carbocycles. The fourth-order valence-electron chi connectivity index (χ4n) is 2.38. The number of nitrogens with zero attached hydrogens (tertiary/aromatic N) is 2. The van der Waals surface area contributed by atoms with Crippen LogP contribution in [0.5, 0.6) is 0 Å². The van der Waals surface area contributed by atoms with Crippen LogP contribution in [0.25, 0.3) is 4.96 Å². The molecule has 0 bridgehead atoms. The molecule has 106 valence electrons. The summed E-state index contributed by atoms with van der Waals surface area (Å²) in [6.45, 7) is 7.51. The number of rotatable bonds is 5. The number of aryl methyl sites for hydroxylation is 2. The standard InChI is InChI=1S/C15H19N3S2/c1-4-16-13(14-7-10(2)11(3)20-14)8-12-9-18-5-6-19-15(18)17-12/h5-7,9,13,16H,4,8H2,1-3H3. The average molecular weight is 305 g/mol. The second-order valence-corrected chi connectivity index (χ2v) is 7.19. The second-order valence-electron chi connectivity index (χ2n) is 5.03.